The van der Waals surface area contributed by atoms with E-state index in [1.54, 1.807) is 30.7 Å². The minimum absolute atomic E-state index is 0.267. The minimum atomic E-state index is -0.267. The Balaban J connectivity index is 1.56. The molecule has 0 aliphatic carbocycles. The zero-order chi connectivity index (χ0) is 19.2. The quantitative estimate of drug-likeness (QED) is 0.710. The van der Waals surface area contributed by atoms with Gasteiger partial charge < -0.3 is 10.1 Å². The predicted molar refractivity (Wildman–Crippen MR) is 106 cm³/mol. The molecule has 1 fully saturated rings. The molecule has 7 heteroatoms. The average Bonchev–Trinajstić information content (AvgIpc) is 2.76. The number of aromatic nitrogens is 3. The number of anilines is 1. The summed E-state index contributed by atoms with van der Waals surface area (Å²) in [6.45, 7) is 5.15. The number of nitrogens with zero attached hydrogens (tertiary/aromatic N) is 4. The van der Waals surface area contributed by atoms with Crippen LogP contribution in [0, 0.1) is 5.82 Å². The first-order valence-electron chi connectivity index (χ1n) is 9.37. The zero-order valence-electron chi connectivity index (χ0n) is 15.5. The van der Waals surface area contributed by atoms with Crippen molar-refractivity contribution in [3.05, 3.63) is 60.8 Å². The van der Waals surface area contributed by atoms with Gasteiger partial charge >= 0.3 is 0 Å². The molecule has 2 aromatic heterocycles. The number of ether oxygens (including phenoxy) is 1. The summed E-state index contributed by atoms with van der Waals surface area (Å²) in [4.78, 5) is 15.6. The first kappa shape index (κ1) is 18.5. The maximum Gasteiger partial charge on any atom is 0.223 e. The first-order valence-corrected chi connectivity index (χ1v) is 9.37. The Morgan fingerprint density at radius 3 is 2.50 bits per heavy atom. The van der Waals surface area contributed by atoms with Crippen molar-refractivity contribution < 1.29 is 9.13 Å². The van der Waals surface area contributed by atoms with Crippen LogP contribution in [0.15, 0.2) is 55.0 Å². The number of morpholine rings is 1. The molecule has 144 valence electrons. The second-order valence-electron chi connectivity index (χ2n) is 6.58. The lowest BCUT2D eigenvalue weighted by atomic mass is 10.0. The van der Waals surface area contributed by atoms with E-state index in [2.05, 4.69) is 20.2 Å². The highest BCUT2D eigenvalue weighted by Gasteiger charge is 2.13. The van der Waals surface area contributed by atoms with Crippen LogP contribution < -0.4 is 5.32 Å². The van der Waals surface area contributed by atoms with Crippen LogP contribution in [-0.2, 0) is 4.74 Å². The van der Waals surface area contributed by atoms with Crippen molar-refractivity contribution in [2.24, 2.45) is 0 Å². The van der Waals surface area contributed by atoms with Crippen LogP contribution in [0.25, 0.3) is 22.4 Å². The molecule has 0 spiro atoms. The van der Waals surface area contributed by atoms with Crippen molar-refractivity contribution >= 4 is 5.95 Å². The largest absolute Gasteiger partial charge is 0.379 e. The van der Waals surface area contributed by atoms with E-state index < -0.39 is 0 Å². The van der Waals surface area contributed by atoms with Gasteiger partial charge in [0.25, 0.3) is 0 Å². The Kier molecular flexibility index (Phi) is 5.84. The molecule has 1 aliphatic heterocycles. The Bertz CT molecular complexity index is 898. The average molecular weight is 379 g/mol. The molecule has 1 aromatic carbocycles. The van der Waals surface area contributed by atoms with Crippen LogP contribution >= 0.6 is 0 Å². The monoisotopic (exact) mass is 379 g/mol. The summed E-state index contributed by atoms with van der Waals surface area (Å²) in [5, 5.41) is 3.31. The highest BCUT2D eigenvalue weighted by atomic mass is 19.1. The van der Waals surface area contributed by atoms with E-state index in [0.29, 0.717) is 5.95 Å². The zero-order valence-corrected chi connectivity index (χ0v) is 15.5. The Labute approximate surface area is 163 Å². The van der Waals surface area contributed by atoms with Gasteiger partial charge in [0, 0.05) is 55.9 Å². The number of rotatable bonds is 6. The van der Waals surface area contributed by atoms with Gasteiger partial charge in [-0.1, -0.05) is 12.1 Å². The second-order valence-corrected chi connectivity index (χ2v) is 6.58. The van der Waals surface area contributed by atoms with Gasteiger partial charge in [-0.2, -0.15) is 0 Å². The summed E-state index contributed by atoms with van der Waals surface area (Å²) in [5.74, 6) is 0.308. The number of halogens is 1. The number of hydrogen-bond donors (Lipinski definition) is 1. The van der Waals surface area contributed by atoms with E-state index in [9.17, 15) is 4.39 Å². The Hall–Kier alpha value is -2.90. The van der Waals surface area contributed by atoms with Crippen molar-refractivity contribution in [2.45, 2.75) is 0 Å². The first-order chi connectivity index (χ1) is 13.8. The highest BCUT2D eigenvalue weighted by molar-refractivity contribution is 5.80. The number of nitrogens with one attached hydrogen (secondary N) is 1. The summed E-state index contributed by atoms with van der Waals surface area (Å²) in [5.41, 5.74) is 3.45. The van der Waals surface area contributed by atoms with Crippen LogP contribution in [0.4, 0.5) is 10.3 Å². The van der Waals surface area contributed by atoms with Gasteiger partial charge in [-0.3, -0.25) is 9.88 Å². The molecule has 3 aromatic rings. The molecule has 1 aliphatic rings. The molecule has 4 rings (SSSR count). The number of hydrogen-bond acceptors (Lipinski definition) is 6. The van der Waals surface area contributed by atoms with Crippen LogP contribution in [0.2, 0.25) is 0 Å². The lowest BCUT2D eigenvalue weighted by Crippen LogP contribution is -2.39. The van der Waals surface area contributed by atoms with E-state index in [1.807, 2.05) is 12.1 Å². The van der Waals surface area contributed by atoms with Gasteiger partial charge in [-0.25, -0.2) is 14.4 Å². The van der Waals surface area contributed by atoms with Gasteiger partial charge in [0.05, 0.1) is 18.9 Å². The molecule has 0 unspecified atom stereocenters. The Morgan fingerprint density at radius 1 is 1.00 bits per heavy atom. The normalized spacial score (nSPS) is 14.8. The second kappa shape index (κ2) is 8.86. The maximum absolute atomic E-state index is 13.3. The molecule has 6 nitrogen and oxygen atoms in total. The summed E-state index contributed by atoms with van der Waals surface area (Å²) >= 11 is 0. The fraction of sp³-hybridized carbons (Fsp3) is 0.286. The third-order valence-electron chi connectivity index (χ3n) is 4.71. The van der Waals surface area contributed by atoms with Gasteiger partial charge in [0.2, 0.25) is 5.95 Å². The molecular weight excluding hydrogens is 357 g/mol. The topological polar surface area (TPSA) is 63.2 Å². The van der Waals surface area contributed by atoms with Crippen molar-refractivity contribution in [3.8, 4) is 22.4 Å². The van der Waals surface area contributed by atoms with Crippen molar-refractivity contribution in [1.82, 2.24) is 19.9 Å². The van der Waals surface area contributed by atoms with E-state index in [0.717, 1.165) is 61.8 Å². The van der Waals surface area contributed by atoms with Crippen molar-refractivity contribution in [1.29, 1.82) is 0 Å². The number of pyridine rings is 1. The van der Waals surface area contributed by atoms with Gasteiger partial charge in [-0.15, -0.1) is 0 Å². The Morgan fingerprint density at radius 2 is 1.75 bits per heavy atom. The van der Waals surface area contributed by atoms with Crippen molar-refractivity contribution in [2.75, 3.05) is 44.7 Å². The fourth-order valence-corrected chi connectivity index (χ4v) is 3.19. The molecule has 0 bridgehead atoms. The summed E-state index contributed by atoms with van der Waals surface area (Å²) in [6, 6.07) is 10.2. The molecule has 3 heterocycles. The molecule has 28 heavy (non-hydrogen) atoms. The van der Waals surface area contributed by atoms with Gasteiger partial charge in [0.15, 0.2) is 0 Å². The summed E-state index contributed by atoms with van der Waals surface area (Å²) in [7, 11) is 0. The van der Waals surface area contributed by atoms with Crippen LogP contribution in [-0.4, -0.2) is 59.2 Å². The lowest BCUT2D eigenvalue weighted by molar-refractivity contribution is 0.0398. The summed E-state index contributed by atoms with van der Waals surface area (Å²) < 4.78 is 18.7. The summed E-state index contributed by atoms with van der Waals surface area (Å²) in [6.07, 6.45) is 5.25. The van der Waals surface area contributed by atoms with E-state index >= 15 is 0 Å². The molecule has 0 atom stereocenters. The van der Waals surface area contributed by atoms with Crippen LogP contribution in [0.1, 0.15) is 0 Å². The molecule has 1 N–H and O–H groups in total. The molecule has 0 saturated carbocycles. The molecular formula is C21H22FN5O. The molecule has 0 amide bonds. The van der Waals surface area contributed by atoms with Crippen LogP contribution in [0.3, 0.4) is 0 Å². The van der Waals surface area contributed by atoms with E-state index in [4.69, 9.17) is 9.72 Å². The fourth-order valence-electron chi connectivity index (χ4n) is 3.19. The lowest BCUT2D eigenvalue weighted by Gasteiger charge is -2.26. The van der Waals surface area contributed by atoms with Gasteiger partial charge in [0.1, 0.15) is 5.82 Å². The van der Waals surface area contributed by atoms with Crippen molar-refractivity contribution in [3.63, 3.8) is 0 Å². The SMILES string of the molecule is Fc1ccc(-c2cnc(NCCN3CCOCC3)nc2-c2ccncc2)cc1. The van der Waals surface area contributed by atoms with Gasteiger partial charge in [-0.05, 0) is 29.8 Å². The van der Waals surface area contributed by atoms with E-state index in [1.165, 1.54) is 12.1 Å². The predicted octanol–water partition coefficient (Wildman–Crippen LogP) is 3.09. The minimum Gasteiger partial charge on any atom is -0.379 e. The third-order valence-corrected chi connectivity index (χ3v) is 4.71. The third kappa shape index (κ3) is 4.49. The number of benzene rings is 1. The molecule has 0 radical (unpaired) electrons. The maximum atomic E-state index is 13.3. The highest BCUT2D eigenvalue weighted by Crippen LogP contribution is 2.30. The smallest absolute Gasteiger partial charge is 0.223 e. The van der Waals surface area contributed by atoms with Crippen LogP contribution in [0.5, 0.6) is 0 Å². The van der Waals surface area contributed by atoms with E-state index in [-0.39, 0.29) is 5.82 Å². The molecule has 1 saturated heterocycles. The standard InChI is InChI=1S/C21H22FN5O/c22-18-3-1-16(2-4-18)19-15-25-21(24-9-10-27-11-13-28-14-12-27)26-20(19)17-5-7-23-8-6-17/h1-8,15H,9-14H2,(H,24,25,26).